The molecule has 5 rings (SSSR count). The van der Waals surface area contributed by atoms with E-state index in [1.54, 1.807) is 6.20 Å². The predicted molar refractivity (Wildman–Crippen MR) is 120 cm³/mol. The van der Waals surface area contributed by atoms with Crippen molar-refractivity contribution in [1.82, 2.24) is 9.97 Å². The van der Waals surface area contributed by atoms with Crippen LogP contribution < -0.4 is 10.1 Å². The van der Waals surface area contributed by atoms with E-state index in [0.717, 1.165) is 21.9 Å². The van der Waals surface area contributed by atoms with Crippen molar-refractivity contribution >= 4 is 33.6 Å². The van der Waals surface area contributed by atoms with Crippen molar-refractivity contribution in [3.63, 3.8) is 0 Å². The summed E-state index contributed by atoms with van der Waals surface area (Å²) >= 11 is 0. The first-order valence-corrected chi connectivity index (χ1v) is 9.90. The zero-order valence-electron chi connectivity index (χ0n) is 16.8. The summed E-state index contributed by atoms with van der Waals surface area (Å²) in [5.41, 5.74) is 3.53. The zero-order valence-corrected chi connectivity index (χ0v) is 16.8. The first kappa shape index (κ1) is 18.8. The molecule has 0 saturated carbocycles. The van der Waals surface area contributed by atoms with E-state index in [0.29, 0.717) is 28.6 Å². The molecule has 0 aliphatic rings. The van der Waals surface area contributed by atoms with E-state index in [2.05, 4.69) is 15.3 Å². The number of nitrogens with zero attached hydrogens (tertiary/aromatic N) is 2. The first-order chi connectivity index (χ1) is 15.2. The number of rotatable bonds is 5. The van der Waals surface area contributed by atoms with Crippen LogP contribution in [0.1, 0.15) is 5.56 Å². The number of ether oxygens (including phenoxy) is 1. The van der Waals surface area contributed by atoms with E-state index in [1.165, 1.54) is 0 Å². The molecular weight excluding hydrogens is 390 g/mol. The third-order valence-electron chi connectivity index (χ3n) is 5.02. The Labute approximate surface area is 178 Å². The van der Waals surface area contributed by atoms with Gasteiger partial charge in [-0.2, -0.15) is 0 Å². The van der Waals surface area contributed by atoms with Crippen molar-refractivity contribution in [2.45, 2.75) is 6.92 Å². The van der Waals surface area contributed by atoms with Gasteiger partial charge in [-0.1, -0.05) is 36.4 Å². The molecule has 1 N–H and O–H groups in total. The molecule has 0 spiro atoms. The van der Waals surface area contributed by atoms with Gasteiger partial charge in [0.1, 0.15) is 11.3 Å². The molecule has 0 fully saturated rings. The van der Waals surface area contributed by atoms with Gasteiger partial charge in [-0.15, -0.1) is 0 Å². The van der Waals surface area contributed by atoms with E-state index in [-0.39, 0.29) is 12.5 Å². The Morgan fingerprint density at radius 2 is 1.87 bits per heavy atom. The fourth-order valence-electron chi connectivity index (χ4n) is 3.38. The SMILES string of the molecule is Cc1ccc(-c2nc3cccnc3o2)cc1NC(=O)COc1ccc2ccccc2c1. The topological polar surface area (TPSA) is 77.3 Å². The minimum Gasteiger partial charge on any atom is -0.484 e. The zero-order chi connectivity index (χ0) is 21.2. The van der Waals surface area contributed by atoms with Crippen molar-refractivity contribution < 1.29 is 13.9 Å². The molecule has 31 heavy (non-hydrogen) atoms. The van der Waals surface area contributed by atoms with Crippen LogP contribution in [0.2, 0.25) is 0 Å². The summed E-state index contributed by atoms with van der Waals surface area (Å²) in [6.45, 7) is 1.84. The van der Waals surface area contributed by atoms with Crippen LogP contribution in [0.15, 0.2) is 83.4 Å². The Morgan fingerprint density at radius 1 is 1.00 bits per heavy atom. The van der Waals surface area contributed by atoms with Crippen LogP contribution in [0.25, 0.3) is 33.5 Å². The lowest BCUT2D eigenvalue weighted by Gasteiger charge is -2.11. The number of aromatic nitrogens is 2. The minimum absolute atomic E-state index is 0.0885. The highest BCUT2D eigenvalue weighted by atomic mass is 16.5. The highest BCUT2D eigenvalue weighted by Crippen LogP contribution is 2.27. The van der Waals surface area contributed by atoms with Crippen LogP contribution in [0.4, 0.5) is 5.69 Å². The molecule has 1 amide bonds. The molecule has 6 nitrogen and oxygen atoms in total. The van der Waals surface area contributed by atoms with Crippen LogP contribution in [-0.4, -0.2) is 22.5 Å². The fraction of sp³-hybridized carbons (Fsp3) is 0.0800. The first-order valence-electron chi connectivity index (χ1n) is 9.90. The second-order valence-electron chi connectivity index (χ2n) is 7.22. The molecule has 3 aromatic carbocycles. The number of fused-ring (bicyclic) bond motifs is 2. The Bertz CT molecular complexity index is 1370. The van der Waals surface area contributed by atoms with Crippen molar-refractivity contribution in [3.8, 4) is 17.2 Å². The fourth-order valence-corrected chi connectivity index (χ4v) is 3.38. The molecule has 0 aliphatic carbocycles. The number of benzene rings is 3. The molecule has 5 aromatic rings. The van der Waals surface area contributed by atoms with E-state index < -0.39 is 0 Å². The second-order valence-corrected chi connectivity index (χ2v) is 7.22. The van der Waals surface area contributed by atoms with Crippen molar-refractivity contribution in [3.05, 3.63) is 84.6 Å². The molecule has 0 atom stereocenters. The molecule has 0 radical (unpaired) electrons. The van der Waals surface area contributed by atoms with Gasteiger partial charge >= 0.3 is 0 Å². The lowest BCUT2D eigenvalue weighted by Crippen LogP contribution is -2.20. The molecule has 0 bridgehead atoms. The van der Waals surface area contributed by atoms with E-state index in [9.17, 15) is 4.79 Å². The van der Waals surface area contributed by atoms with Gasteiger partial charge in [0.15, 0.2) is 6.61 Å². The summed E-state index contributed by atoms with van der Waals surface area (Å²) < 4.78 is 11.4. The lowest BCUT2D eigenvalue weighted by atomic mass is 10.1. The molecule has 152 valence electrons. The molecule has 0 unspecified atom stereocenters. The Kier molecular flexibility index (Phi) is 4.80. The summed E-state index contributed by atoms with van der Waals surface area (Å²) in [6, 6.07) is 23.1. The highest BCUT2D eigenvalue weighted by molar-refractivity contribution is 5.93. The van der Waals surface area contributed by atoms with Gasteiger partial charge in [0.25, 0.3) is 5.91 Å². The number of carbonyl (C=O) groups is 1. The van der Waals surface area contributed by atoms with Gasteiger partial charge in [-0.05, 0) is 59.7 Å². The maximum absolute atomic E-state index is 12.5. The monoisotopic (exact) mass is 409 g/mol. The smallest absolute Gasteiger partial charge is 0.262 e. The van der Waals surface area contributed by atoms with E-state index >= 15 is 0 Å². The van der Waals surface area contributed by atoms with Crippen LogP contribution in [0.5, 0.6) is 5.75 Å². The van der Waals surface area contributed by atoms with Gasteiger partial charge in [0.05, 0.1) is 0 Å². The standard InChI is InChI=1S/C25H19N3O3/c1-16-8-9-19(24-28-21-7-4-12-26-25(21)31-24)14-22(16)27-23(29)15-30-20-11-10-17-5-2-3-6-18(17)13-20/h2-14H,15H2,1H3,(H,27,29). The minimum atomic E-state index is -0.243. The highest BCUT2D eigenvalue weighted by Gasteiger charge is 2.12. The summed E-state index contributed by atoms with van der Waals surface area (Å²) in [5, 5.41) is 5.11. The van der Waals surface area contributed by atoms with Crippen molar-refractivity contribution in [1.29, 1.82) is 0 Å². The number of pyridine rings is 1. The summed E-state index contributed by atoms with van der Waals surface area (Å²) in [4.78, 5) is 21.1. The maximum atomic E-state index is 12.5. The molecule has 6 heteroatoms. The van der Waals surface area contributed by atoms with Crippen molar-refractivity contribution in [2.75, 3.05) is 11.9 Å². The normalized spacial score (nSPS) is 11.0. The average Bonchev–Trinajstić information content (AvgIpc) is 3.23. The average molecular weight is 409 g/mol. The largest absolute Gasteiger partial charge is 0.484 e. The number of amides is 1. The Hall–Kier alpha value is -4.19. The van der Waals surface area contributed by atoms with Gasteiger partial charge in [0, 0.05) is 17.4 Å². The van der Waals surface area contributed by atoms with Gasteiger partial charge in [-0.3, -0.25) is 4.79 Å². The molecule has 0 aliphatic heterocycles. The molecule has 0 saturated heterocycles. The van der Waals surface area contributed by atoms with Crippen LogP contribution in [0, 0.1) is 6.92 Å². The summed E-state index contributed by atoms with van der Waals surface area (Å²) in [5.74, 6) is 0.863. The van der Waals surface area contributed by atoms with Gasteiger partial charge in [-0.25, -0.2) is 9.97 Å². The van der Waals surface area contributed by atoms with Crippen LogP contribution >= 0.6 is 0 Å². The third-order valence-corrected chi connectivity index (χ3v) is 5.02. The number of hydrogen-bond donors (Lipinski definition) is 1. The number of oxazole rings is 1. The Balaban J connectivity index is 1.30. The maximum Gasteiger partial charge on any atom is 0.262 e. The number of anilines is 1. The van der Waals surface area contributed by atoms with E-state index in [4.69, 9.17) is 9.15 Å². The number of nitrogens with one attached hydrogen (secondary N) is 1. The summed E-state index contributed by atoms with van der Waals surface area (Å²) in [6.07, 6.45) is 1.66. The second kappa shape index (κ2) is 7.91. The predicted octanol–water partition coefficient (Wildman–Crippen LogP) is 5.37. The number of hydrogen-bond acceptors (Lipinski definition) is 5. The molecule has 2 aromatic heterocycles. The molecule has 2 heterocycles. The quantitative estimate of drug-likeness (QED) is 0.422. The van der Waals surface area contributed by atoms with Gasteiger partial charge < -0.3 is 14.5 Å². The summed E-state index contributed by atoms with van der Waals surface area (Å²) in [7, 11) is 0. The Morgan fingerprint density at radius 3 is 2.74 bits per heavy atom. The number of aryl methyl sites for hydroxylation is 1. The van der Waals surface area contributed by atoms with Gasteiger partial charge in [0.2, 0.25) is 11.6 Å². The third kappa shape index (κ3) is 3.96. The van der Waals surface area contributed by atoms with E-state index in [1.807, 2.05) is 79.7 Å². The van der Waals surface area contributed by atoms with Crippen LogP contribution in [0.3, 0.4) is 0 Å². The number of carbonyl (C=O) groups excluding carboxylic acids is 1. The molecular formula is C25H19N3O3. The lowest BCUT2D eigenvalue weighted by molar-refractivity contribution is -0.118. The van der Waals surface area contributed by atoms with Crippen molar-refractivity contribution in [2.24, 2.45) is 0 Å². The van der Waals surface area contributed by atoms with Crippen LogP contribution in [-0.2, 0) is 4.79 Å².